The highest BCUT2D eigenvalue weighted by atomic mass is 35.5. The van der Waals surface area contributed by atoms with Gasteiger partial charge in [-0.1, -0.05) is 44.5 Å². The fourth-order valence-corrected chi connectivity index (χ4v) is 4.39. The number of nitrogens with zero attached hydrogens (tertiary/aromatic N) is 2. The normalized spacial score (nSPS) is 15.8. The van der Waals surface area contributed by atoms with E-state index in [1.54, 1.807) is 17.0 Å². The maximum Gasteiger partial charge on any atom is 0.255 e. The fourth-order valence-electron chi connectivity index (χ4n) is 4.18. The zero-order valence-corrected chi connectivity index (χ0v) is 21.6. The van der Waals surface area contributed by atoms with Crippen LogP contribution in [0.4, 0.5) is 11.4 Å². The summed E-state index contributed by atoms with van der Waals surface area (Å²) in [6, 6.07) is 13.0. The summed E-state index contributed by atoms with van der Waals surface area (Å²) in [7, 11) is 3.94. The van der Waals surface area contributed by atoms with Gasteiger partial charge in [0.25, 0.3) is 5.91 Å². The van der Waals surface area contributed by atoms with Crippen molar-refractivity contribution in [2.24, 2.45) is 5.41 Å². The van der Waals surface area contributed by atoms with Gasteiger partial charge >= 0.3 is 0 Å². The van der Waals surface area contributed by atoms with E-state index < -0.39 is 0 Å². The molecule has 2 aromatic carbocycles. The second kappa shape index (κ2) is 11.2. The van der Waals surface area contributed by atoms with Crippen molar-refractivity contribution in [1.82, 2.24) is 4.90 Å². The molecule has 0 aromatic heterocycles. The van der Waals surface area contributed by atoms with E-state index in [1.807, 2.05) is 70.1 Å². The van der Waals surface area contributed by atoms with Crippen LogP contribution in [-0.2, 0) is 16.1 Å². The summed E-state index contributed by atoms with van der Waals surface area (Å²) >= 11 is 6.37. The van der Waals surface area contributed by atoms with Crippen molar-refractivity contribution in [1.29, 1.82) is 0 Å². The average Bonchev–Trinajstić information content (AvgIpc) is 3.25. The summed E-state index contributed by atoms with van der Waals surface area (Å²) in [4.78, 5) is 29.9. The molecule has 6 nitrogen and oxygen atoms in total. The number of carbonyl (C=O) groups excluding carboxylic acids is 2. The largest absolute Gasteiger partial charge is 0.377 e. The van der Waals surface area contributed by atoms with Crippen LogP contribution >= 0.6 is 11.6 Å². The molecule has 184 valence electrons. The lowest BCUT2D eigenvalue weighted by atomic mass is 9.92. The zero-order valence-electron chi connectivity index (χ0n) is 20.9. The van der Waals surface area contributed by atoms with Crippen molar-refractivity contribution in [2.45, 2.75) is 52.7 Å². The highest BCUT2D eigenvalue weighted by Crippen LogP contribution is 2.28. The molecule has 3 rings (SSSR count). The van der Waals surface area contributed by atoms with Crippen molar-refractivity contribution in [3.63, 3.8) is 0 Å². The van der Waals surface area contributed by atoms with Crippen molar-refractivity contribution in [2.75, 3.05) is 37.5 Å². The van der Waals surface area contributed by atoms with E-state index in [-0.39, 0.29) is 23.3 Å². The third-order valence-corrected chi connectivity index (χ3v) is 6.07. The van der Waals surface area contributed by atoms with Crippen LogP contribution in [0.3, 0.4) is 0 Å². The van der Waals surface area contributed by atoms with Crippen LogP contribution < -0.4 is 10.2 Å². The Bertz CT molecular complexity index is 1010. The van der Waals surface area contributed by atoms with Crippen LogP contribution in [0.2, 0.25) is 5.02 Å². The molecule has 7 heteroatoms. The Morgan fingerprint density at radius 3 is 2.50 bits per heavy atom. The minimum absolute atomic E-state index is 0.00362. The highest BCUT2D eigenvalue weighted by Gasteiger charge is 2.26. The van der Waals surface area contributed by atoms with E-state index in [1.165, 1.54) is 0 Å². The van der Waals surface area contributed by atoms with Crippen LogP contribution in [0.1, 0.15) is 56.0 Å². The second-order valence-corrected chi connectivity index (χ2v) is 10.7. The number of rotatable bonds is 8. The van der Waals surface area contributed by atoms with E-state index in [0.717, 1.165) is 36.4 Å². The van der Waals surface area contributed by atoms with E-state index >= 15 is 0 Å². The first-order valence-electron chi connectivity index (χ1n) is 11.8. The molecule has 0 aliphatic carbocycles. The lowest BCUT2D eigenvalue weighted by Gasteiger charge is -2.28. The Kier molecular flexibility index (Phi) is 8.61. The number of hydrogen-bond donors (Lipinski definition) is 1. The average molecular weight is 486 g/mol. The van der Waals surface area contributed by atoms with Gasteiger partial charge in [-0.2, -0.15) is 0 Å². The van der Waals surface area contributed by atoms with Crippen LogP contribution in [0.5, 0.6) is 0 Å². The summed E-state index contributed by atoms with van der Waals surface area (Å²) in [6.45, 7) is 7.69. The number of carbonyl (C=O) groups is 2. The number of halogens is 1. The van der Waals surface area contributed by atoms with E-state index in [9.17, 15) is 9.59 Å². The maximum atomic E-state index is 13.6. The smallest absolute Gasteiger partial charge is 0.255 e. The fraction of sp³-hybridized carbons (Fsp3) is 0.481. The SMILES string of the molecule is CN(C)c1ccc(NC(=O)CC(C)(C)C)cc1CN(C[C@H]1CCCO1)C(=O)c1ccccc1Cl. The van der Waals surface area contributed by atoms with Crippen molar-refractivity contribution < 1.29 is 14.3 Å². The van der Waals surface area contributed by atoms with Crippen molar-refractivity contribution in [3.05, 3.63) is 58.6 Å². The standard InChI is InChI=1S/C27H36ClN3O3/c1-27(2,3)16-25(32)29-20-12-13-24(30(4)5)19(15-20)17-31(18-21-9-8-14-34-21)26(33)22-10-6-7-11-23(22)28/h6-7,10-13,15,21H,8-9,14,16-18H2,1-5H3,(H,29,32)/t21-/m1/s1. The van der Waals surface area contributed by atoms with Crippen LogP contribution in [0, 0.1) is 5.41 Å². The summed E-state index contributed by atoms with van der Waals surface area (Å²) < 4.78 is 5.84. The molecular formula is C27H36ClN3O3. The molecule has 1 N–H and O–H groups in total. The van der Waals surface area contributed by atoms with Crippen molar-refractivity contribution in [3.8, 4) is 0 Å². The number of ether oxygens (including phenoxy) is 1. The van der Waals surface area contributed by atoms with Gasteiger partial charge in [-0.3, -0.25) is 9.59 Å². The molecule has 0 unspecified atom stereocenters. The molecule has 0 spiro atoms. The lowest BCUT2D eigenvalue weighted by Crippen LogP contribution is -2.37. The first-order valence-corrected chi connectivity index (χ1v) is 12.2. The molecule has 1 aliphatic rings. The summed E-state index contributed by atoms with van der Waals surface area (Å²) in [5.41, 5.74) is 3.02. The monoisotopic (exact) mass is 485 g/mol. The van der Waals surface area contributed by atoms with E-state index in [0.29, 0.717) is 30.1 Å². The topological polar surface area (TPSA) is 61.9 Å². The number of hydrogen-bond acceptors (Lipinski definition) is 4. The molecule has 1 atom stereocenters. The van der Waals surface area contributed by atoms with E-state index in [4.69, 9.17) is 16.3 Å². The third kappa shape index (κ3) is 7.21. The van der Waals surface area contributed by atoms with Gasteiger partial charge in [-0.25, -0.2) is 0 Å². The molecule has 0 bridgehead atoms. The Labute approximate surface area is 208 Å². The lowest BCUT2D eigenvalue weighted by molar-refractivity contribution is -0.117. The van der Waals surface area contributed by atoms with Crippen LogP contribution in [0.15, 0.2) is 42.5 Å². The van der Waals surface area contributed by atoms with Crippen LogP contribution in [-0.4, -0.2) is 50.1 Å². The summed E-state index contributed by atoms with van der Waals surface area (Å²) in [5, 5.41) is 3.45. The minimum atomic E-state index is -0.132. The zero-order chi connectivity index (χ0) is 24.9. The third-order valence-electron chi connectivity index (χ3n) is 5.74. The van der Waals surface area contributed by atoms with Gasteiger partial charge in [0.05, 0.1) is 16.7 Å². The van der Waals surface area contributed by atoms with Gasteiger partial charge in [-0.05, 0) is 54.2 Å². The minimum Gasteiger partial charge on any atom is -0.377 e. The first-order chi connectivity index (χ1) is 16.0. The molecule has 0 radical (unpaired) electrons. The Morgan fingerprint density at radius 2 is 1.88 bits per heavy atom. The number of anilines is 2. The summed E-state index contributed by atoms with van der Waals surface area (Å²) in [5.74, 6) is -0.160. The second-order valence-electron chi connectivity index (χ2n) is 10.3. The molecular weight excluding hydrogens is 450 g/mol. The van der Waals surface area contributed by atoms with Gasteiger partial charge < -0.3 is 19.9 Å². The van der Waals surface area contributed by atoms with Gasteiger partial charge in [0.15, 0.2) is 0 Å². The highest BCUT2D eigenvalue weighted by molar-refractivity contribution is 6.33. The molecule has 1 aliphatic heterocycles. The van der Waals surface area contributed by atoms with Crippen molar-refractivity contribution >= 4 is 34.8 Å². The predicted octanol–water partition coefficient (Wildman–Crippen LogP) is 5.60. The Hall–Kier alpha value is -2.57. The van der Waals surface area contributed by atoms with Gasteiger partial charge in [0.1, 0.15) is 0 Å². The molecule has 2 aromatic rings. The number of benzene rings is 2. The number of amides is 2. The Balaban J connectivity index is 1.90. The molecule has 2 amide bonds. The summed E-state index contributed by atoms with van der Waals surface area (Å²) in [6.07, 6.45) is 2.35. The van der Waals surface area contributed by atoms with E-state index in [2.05, 4.69) is 5.32 Å². The van der Waals surface area contributed by atoms with Gasteiger partial charge in [0, 0.05) is 51.6 Å². The molecule has 1 fully saturated rings. The predicted molar refractivity (Wildman–Crippen MR) is 139 cm³/mol. The Morgan fingerprint density at radius 1 is 1.15 bits per heavy atom. The van der Waals surface area contributed by atoms with Crippen LogP contribution in [0.25, 0.3) is 0 Å². The maximum absolute atomic E-state index is 13.6. The molecule has 34 heavy (non-hydrogen) atoms. The van der Waals surface area contributed by atoms with Gasteiger partial charge in [0.2, 0.25) is 5.91 Å². The van der Waals surface area contributed by atoms with Gasteiger partial charge in [-0.15, -0.1) is 0 Å². The number of nitrogens with one attached hydrogen (secondary N) is 1. The molecule has 0 saturated carbocycles. The molecule has 1 saturated heterocycles. The first kappa shape index (κ1) is 26.0. The quantitative estimate of drug-likeness (QED) is 0.528. The molecule has 1 heterocycles.